The molecule has 0 bridgehead atoms. The standard InChI is InChI=1S/C17H17ClN6OS.C6H12ClNO/c1-10-15(26-17(21-10)24-14(25)6-8-19)13-7-9-20-16(23-13)22-12-4-2-11(18)3-5-12;7-1-2-8-3-5-9-6-4-8/h2-5,7,9H,6,8,19H2,1H3,(H,20,22,23)(H,21,24,25);1-6H2. The van der Waals surface area contributed by atoms with E-state index in [1.165, 1.54) is 11.3 Å². The summed E-state index contributed by atoms with van der Waals surface area (Å²) in [4.78, 5) is 28.0. The molecule has 0 spiro atoms. The van der Waals surface area contributed by atoms with E-state index >= 15 is 0 Å². The first-order valence-corrected chi connectivity index (χ1v) is 12.9. The van der Waals surface area contributed by atoms with Gasteiger partial charge < -0.3 is 21.1 Å². The molecule has 188 valence electrons. The fourth-order valence-corrected chi connectivity index (χ4v) is 4.47. The van der Waals surface area contributed by atoms with Crippen molar-refractivity contribution in [2.24, 2.45) is 5.73 Å². The zero-order valence-electron chi connectivity index (χ0n) is 19.5. The largest absolute Gasteiger partial charge is 0.379 e. The van der Waals surface area contributed by atoms with Crippen molar-refractivity contribution in [1.82, 2.24) is 19.9 Å². The van der Waals surface area contributed by atoms with E-state index in [0.717, 1.165) is 60.7 Å². The predicted molar refractivity (Wildman–Crippen MR) is 143 cm³/mol. The molecule has 2 aromatic heterocycles. The maximum Gasteiger partial charge on any atom is 0.227 e. The second-order valence-electron chi connectivity index (χ2n) is 7.56. The van der Waals surface area contributed by atoms with Crippen LogP contribution in [0.5, 0.6) is 0 Å². The van der Waals surface area contributed by atoms with Crippen molar-refractivity contribution < 1.29 is 9.53 Å². The fraction of sp³-hybridized carbons (Fsp3) is 0.391. The van der Waals surface area contributed by atoms with Gasteiger partial charge >= 0.3 is 0 Å². The number of amides is 1. The van der Waals surface area contributed by atoms with Crippen molar-refractivity contribution in [3.05, 3.63) is 47.2 Å². The van der Waals surface area contributed by atoms with Crippen LogP contribution in [0.4, 0.5) is 16.8 Å². The number of rotatable bonds is 8. The van der Waals surface area contributed by atoms with Gasteiger partial charge in [-0.3, -0.25) is 9.69 Å². The molecule has 1 aliphatic rings. The molecule has 0 radical (unpaired) electrons. The number of nitrogens with one attached hydrogen (secondary N) is 2. The van der Waals surface area contributed by atoms with Gasteiger partial charge in [0.25, 0.3) is 0 Å². The van der Waals surface area contributed by atoms with E-state index in [2.05, 4.69) is 30.5 Å². The van der Waals surface area contributed by atoms with E-state index in [-0.39, 0.29) is 12.3 Å². The Morgan fingerprint density at radius 1 is 1.20 bits per heavy atom. The second-order valence-corrected chi connectivity index (χ2v) is 9.37. The topological polar surface area (TPSA) is 118 Å². The molecular weight excluding hydrogens is 509 g/mol. The van der Waals surface area contributed by atoms with Gasteiger partial charge in [0.05, 0.1) is 29.5 Å². The quantitative estimate of drug-likeness (QED) is 0.366. The third kappa shape index (κ3) is 8.99. The first-order valence-electron chi connectivity index (χ1n) is 11.2. The third-order valence-corrected chi connectivity index (χ3v) is 6.42. The van der Waals surface area contributed by atoms with Crippen LogP contribution < -0.4 is 16.4 Å². The fourth-order valence-electron chi connectivity index (χ4n) is 3.15. The van der Waals surface area contributed by atoms with E-state index in [1.807, 2.05) is 19.1 Å². The number of morpholine rings is 1. The van der Waals surface area contributed by atoms with Crippen LogP contribution in [0.2, 0.25) is 5.02 Å². The molecule has 12 heteroatoms. The minimum atomic E-state index is -0.152. The van der Waals surface area contributed by atoms with E-state index in [4.69, 9.17) is 33.7 Å². The van der Waals surface area contributed by atoms with Crippen molar-refractivity contribution in [2.75, 3.05) is 55.9 Å². The number of hydrogen-bond acceptors (Lipinski definition) is 9. The van der Waals surface area contributed by atoms with Crippen LogP contribution in [0.15, 0.2) is 36.5 Å². The Morgan fingerprint density at radius 2 is 1.94 bits per heavy atom. The molecule has 1 amide bonds. The second kappa shape index (κ2) is 14.3. The lowest BCUT2D eigenvalue weighted by Gasteiger charge is -2.25. The van der Waals surface area contributed by atoms with Crippen molar-refractivity contribution in [2.45, 2.75) is 13.3 Å². The average Bonchev–Trinajstić information content (AvgIpc) is 3.22. The monoisotopic (exact) mass is 537 g/mol. The Labute approximate surface area is 219 Å². The van der Waals surface area contributed by atoms with E-state index in [1.54, 1.807) is 24.4 Å². The Morgan fingerprint density at radius 3 is 2.63 bits per heavy atom. The summed E-state index contributed by atoms with van der Waals surface area (Å²) in [6.07, 6.45) is 1.93. The molecule has 0 atom stereocenters. The molecule has 1 aliphatic heterocycles. The van der Waals surface area contributed by atoms with Crippen molar-refractivity contribution in [3.8, 4) is 10.6 Å². The lowest BCUT2D eigenvalue weighted by molar-refractivity contribution is -0.116. The molecule has 1 saturated heterocycles. The number of hydrogen-bond donors (Lipinski definition) is 3. The summed E-state index contributed by atoms with van der Waals surface area (Å²) < 4.78 is 5.16. The van der Waals surface area contributed by atoms with Crippen molar-refractivity contribution >= 4 is 57.2 Å². The summed E-state index contributed by atoms with van der Waals surface area (Å²) in [5.74, 6) is 1.05. The molecule has 3 aromatic rings. The summed E-state index contributed by atoms with van der Waals surface area (Å²) in [6.45, 7) is 7.02. The minimum Gasteiger partial charge on any atom is -0.379 e. The highest BCUT2D eigenvalue weighted by atomic mass is 35.5. The summed E-state index contributed by atoms with van der Waals surface area (Å²) in [5.41, 5.74) is 7.74. The number of carbonyl (C=O) groups is 1. The molecule has 0 saturated carbocycles. The summed E-state index contributed by atoms with van der Waals surface area (Å²) in [5, 5.41) is 7.08. The van der Waals surface area contributed by atoms with Gasteiger partial charge in [0, 0.05) is 55.4 Å². The minimum absolute atomic E-state index is 0.152. The van der Waals surface area contributed by atoms with Crippen LogP contribution in [-0.4, -0.2) is 71.0 Å². The van der Waals surface area contributed by atoms with Crippen molar-refractivity contribution in [3.63, 3.8) is 0 Å². The number of alkyl halides is 1. The highest BCUT2D eigenvalue weighted by Gasteiger charge is 2.14. The zero-order chi connectivity index (χ0) is 25.0. The lowest BCUT2D eigenvalue weighted by atomic mass is 10.3. The average molecular weight is 539 g/mol. The van der Waals surface area contributed by atoms with E-state index in [9.17, 15) is 4.79 Å². The smallest absolute Gasteiger partial charge is 0.227 e. The Balaban J connectivity index is 0.000000320. The van der Waals surface area contributed by atoms with Crippen LogP contribution in [0, 0.1) is 6.92 Å². The van der Waals surface area contributed by atoms with E-state index in [0.29, 0.717) is 22.6 Å². The summed E-state index contributed by atoms with van der Waals surface area (Å²) >= 11 is 12.8. The lowest BCUT2D eigenvalue weighted by Crippen LogP contribution is -2.37. The van der Waals surface area contributed by atoms with Crippen LogP contribution in [-0.2, 0) is 9.53 Å². The molecule has 9 nitrogen and oxygen atoms in total. The number of aryl methyl sites for hydroxylation is 1. The van der Waals surface area contributed by atoms with Crippen LogP contribution in [0.3, 0.4) is 0 Å². The molecule has 1 aromatic carbocycles. The normalized spacial score (nSPS) is 13.6. The number of carbonyl (C=O) groups excluding carboxylic acids is 1. The van der Waals surface area contributed by atoms with Gasteiger partial charge in [0.1, 0.15) is 0 Å². The molecule has 35 heavy (non-hydrogen) atoms. The van der Waals surface area contributed by atoms with E-state index < -0.39 is 0 Å². The number of benzene rings is 1. The maximum absolute atomic E-state index is 11.7. The highest BCUT2D eigenvalue weighted by Crippen LogP contribution is 2.32. The van der Waals surface area contributed by atoms with Crippen LogP contribution in [0.1, 0.15) is 12.1 Å². The first kappa shape index (κ1) is 27.3. The third-order valence-electron chi connectivity index (χ3n) is 4.91. The van der Waals surface area contributed by atoms with Gasteiger partial charge in [-0.25, -0.2) is 15.0 Å². The number of thiazole rings is 1. The van der Waals surface area contributed by atoms with Gasteiger partial charge in [0.15, 0.2) is 5.13 Å². The first-order chi connectivity index (χ1) is 17.0. The Kier molecular flexibility index (Phi) is 11.1. The number of nitrogens with two attached hydrogens (primary N) is 1. The molecular formula is C23H29Cl2N7O2S. The van der Waals surface area contributed by atoms with Crippen molar-refractivity contribution in [1.29, 1.82) is 0 Å². The molecule has 4 rings (SSSR count). The Bertz CT molecular complexity index is 1070. The Hall–Kier alpha value is -2.34. The summed E-state index contributed by atoms with van der Waals surface area (Å²) in [6, 6.07) is 9.08. The number of aromatic nitrogens is 3. The van der Waals surface area contributed by atoms with Gasteiger partial charge in [0.2, 0.25) is 11.9 Å². The number of anilines is 3. The number of nitrogens with zero attached hydrogens (tertiary/aromatic N) is 4. The molecule has 4 N–H and O–H groups in total. The van der Waals surface area contributed by atoms with Crippen LogP contribution in [0.25, 0.3) is 10.6 Å². The highest BCUT2D eigenvalue weighted by molar-refractivity contribution is 7.19. The number of halogens is 2. The molecule has 1 fully saturated rings. The van der Waals surface area contributed by atoms with Gasteiger partial charge in [-0.2, -0.15) is 0 Å². The molecule has 0 unspecified atom stereocenters. The number of ether oxygens (including phenoxy) is 1. The molecule has 3 heterocycles. The summed E-state index contributed by atoms with van der Waals surface area (Å²) in [7, 11) is 0. The predicted octanol–water partition coefficient (Wildman–Crippen LogP) is 4.15. The molecule has 0 aliphatic carbocycles. The zero-order valence-corrected chi connectivity index (χ0v) is 21.8. The van der Waals surface area contributed by atoms with Gasteiger partial charge in [-0.05, 0) is 37.3 Å². The maximum atomic E-state index is 11.7. The van der Waals surface area contributed by atoms with Crippen LogP contribution >= 0.6 is 34.5 Å². The van der Waals surface area contributed by atoms with Gasteiger partial charge in [-0.1, -0.05) is 22.9 Å². The SMILES string of the molecule is Cc1nc(NC(=O)CCN)sc1-c1ccnc(Nc2ccc(Cl)cc2)n1.ClCCN1CCOCC1. The van der Waals surface area contributed by atoms with Gasteiger partial charge in [-0.15, -0.1) is 11.6 Å².